The second-order valence-electron chi connectivity index (χ2n) is 6.96. The molecule has 2 aromatic carbocycles. The predicted molar refractivity (Wildman–Crippen MR) is 119 cm³/mol. The summed E-state index contributed by atoms with van der Waals surface area (Å²) in [6.45, 7) is 4.32. The van der Waals surface area contributed by atoms with Crippen LogP contribution in [0.2, 0.25) is 0 Å². The van der Waals surface area contributed by atoms with Crippen LogP contribution >= 0.6 is 11.3 Å². The average molecular weight is 438 g/mol. The highest BCUT2D eigenvalue weighted by molar-refractivity contribution is 7.22. The first kappa shape index (κ1) is 21.1. The molecular weight excluding hydrogens is 414 g/mol. The largest absolute Gasteiger partial charge is 0.487 e. The molecule has 7 heteroatoms. The van der Waals surface area contributed by atoms with E-state index in [-0.39, 0.29) is 12.4 Å². The quantitative estimate of drug-likeness (QED) is 0.241. The molecule has 0 aliphatic heterocycles. The van der Waals surface area contributed by atoms with Gasteiger partial charge in [0.2, 0.25) is 5.89 Å². The molecule has 0 unspecified atom stereocenters. The zero-order valence-electron chi connectivity index (χ0n) is 17.4. The van der Waals surface area contributed by atoms with Gasteiger partial charge >= 0.3 is 5.97 Å². The highest BCUT2D eigenvalue weighted by Gasteiger charge is 2.14. The fourth-order valence-corrected chi connectivity index (χ4v) is 4.06. The molecule has 0 bridgehead atoms. The van der Waals surface area contributed by atoms with Gasteiger partial charge in [-0.3, -0.25) is 4.89 Å². The first-order valence-electron chi connectivity index (χ1n) is 10.1. The van der Waals surface area contributed by atoms with E-state index >= 15 is 0 Å². The minimum atomic E-state index is -0.377. The third-order valence-electron chi connectivity index (χ3n) is 4.72. The molecule has 0 aliphatic carbocycles. The summed E-state index contributed by atoms with van der Waals surface area (Å²) in [6.07, 6.45) is 0.839. The second kappa shape index (κ2) is 9.76. The summed E-state index contributed by atoms with van der Waals surface area (Å²) in [5, 5.41) is 1.18. The van der Waals surface area contributed by atoms with Crippen LogP contribution in [0.3, 0.4) is 0 Å². The summed E-state index contributed by atoms with van der Waals surface area (Å²) >= 11 is 1.66. The number of carbonyl (C=O) groups excluding carboxylic acids is 1. The average Bonchev–Trinajstić information content (AvgIpc) is 3.38. The summed E-state index contributed by atoms with van der Waals surface area (Å²) in [6, 6.07) is 18.0. The Morgan fingerprint density at radius 3 is 2.71 bits per heavy atom. The maximum absolute atomic E-state index is 11.5. The highest BCUT2D eigenvalue weighted by atomic mass is 32.1. The molecule has 6 nitrogen and oxygen atoms in total. The van der Waals surface area contributed by atoms with Gasteiger partial charge in [0, 0.05) is 4.70 Å². The van der Waals surface area contributed by atoms with E-state index in [4.69, 9.17) is 9.15 Å². The van der Waals surface area contributed by atoms with E-state index in [2.05, 4.69) is 33.0 Å². The second-order valence-corrected chi connectivity index (χ2v) is 8.05. The van der Waals surface area contributed by atoms with Crippen molar-refractivity contribution < 1.29 is 23.7 Å². The third kappa shape index (κ3) is 5.31. The van der Waals surface area contributed by atoms with Crippen LogP contribution in [0, 0.1) is 6.92 Å². The van der Waals surface area contributed by atoms with Crippen molar-refractivity contribution in [3.8, 4) is 16.5 Å². The fourth-order valence-electron chi connectivity index (χ4n) is 3.07. The van der Waals surface area contributed by atoms with Crippen molar-refractivity contribution in [3.63, 3.8) is 0 Å². The topological polar surface area (TPSA) is 70.8 Å². The molecule has 0 radical (unpaired) electrons. The monoisotopic (exact) mass is 437 g/mol. The molecule has 0 spiro atoms. The molecule has 160 valence electrons. The van der Waals surface area contributed by atoms with Crippen LogP contribution in [-0.4, -0.2) is 17.6 Å². The fraction of sp³-hybridized carbons (Fsp3) is 0.250. The van der Waals surface area contributed by atoms with Gasteiger partial charge in [0.1, 0.15) is 23.8 Å². The summed E-state index contributed by atoms with van der Waals surface area (Å²) in [5.74, 6) is 1.72. The van der Waals surface area contributed by atoms with Crippen molar-refractivity contribution >= 4 is 27.4 Å². The van der Waals surface area contributed by atoms with E-state index in [0.717, 1.165) is 27.6 Å². The number of aryl methyl sites for hydroxylation is 2. The van der Waals surface area contributed by atoms with Crippen molar-refractivity contribution in [2.24, 2.45) is 0 Å². The minimum Gasteiger partial charge on any atom is -0.487 e. The van der Waals surface area contributed by atoms with Crippen LogP contribution in [-0.2, 0) is 27.6 Å². The lowest BCUT2D eigenvalue weighted by Crippen LogP contribution is -2.06. The van der Waals surface area contributed by atoms with Gasteiger partial charge in [0.15, 0.2) is 0 Å². The summed E-state index contributed by atoms with van der Waals surface area (Å²) in [7, 11) is 0. The molecule has 4 aromatic rings. The van der Waals surface area contributed by atoms with Gasteiger partial charge in [-0.1, -0.05) is 30.3 Å². The zero-order chi connectivity index (χ0) is 21.6. The lowest BCUT2D eigenvalue weighted by atomic mass is 10.1. The van der Waals surface area contributed by atoms with Gasteiger partial charge in [0.25, 0.3) is 0 Å². The van der Waals surface area contributed by atoms with Gasteiger partial charge in [0.05, 0.1) is 17.9 Å². The van der Waals surface area contributed by atoms with E-state index < -0.39 is 0 Å². The number of hydrogen-bond donors (Lipinski definition) is 0. The number of aromatic nitrogens is 1. The number of thiophene rings is 1. The van der Waals surface area contributed by atoms with Crippen molar-refractivity contribution in [3.05, 3.63) is 71.6 Å². The Balaban J connectivity index is 1.34. The van der Waals surface area contributed by atoms with E-state index in [1.807, 2.05) is 43.3 Å². The zero-order valence-corrected chi connectivity index (χ0v) is 18.2. The first-order valence-corrected chi connectivity index (χ1v) is 10.9. The number of fused-ring (bicyclic) bond motifs is 1. The number of ether oxygens (including phenoxy) is 1. The number of benzene rings is 2. The number of oxazole rings is 1. The Morgan fingerprint density at radius 1 is 1.13 bits per heavy atom. The van der Waals surface area contributed by atoms with Crippen LogP contribution in [0.25, 0.3) is 20.9 Å². The third-order valence-corrected chi connectivity index (χ3v) is 5.82. The van der Waals surface area contributed by atoms with Crippen LogP contribution in [0.15, 0.2) is 59.0 Å². The number of rotatable bonds is 9. The SMILES string of the molecule is CCOOC(=O)CCc1ccc(OCc2nc(-c3cc4ccccc4s3)oc2C)cc1. The van der Waals surface area contributed by atoms with Crippen molar-refractivity contribution in [2.45, 2.75) is 33.3 Å². The Hall–Kier alpha value is -3.16. The Morgan fingerprint density at radius 2 is 1.94 bits per heavy atom. The number of nitrogens with zero attached hydrogens (tertiary/aromatic N) is 1. The van der Waals surface area contributed by atoms with Gasteiger partial charge in [-0.2, -0.15) is 4.89 Å². The lowest BCUT2D eigenvalue weighted by Gasteiger charge is -2.06. The number of carbonyl (C=O) groups is 1. The van der Waals surface area contributed by atoms with Crippen molar-refractivity contribution in [1.29, 1.82) is 0 Å². The molecule has 0 fully saturated rings. The molecule has 0 saturated heterocycles. The molecule has 0 aliphatic rings. The van der Waals surface area contributed by atoms with E-state index in [0.29, 0.717) is 25.5 Å². The molecule has 31 heavy (non-hydrogen) atoms. The highest BCUT2D eigenvalue weighted by Crippen LogP contribution is 2.33. The van der Waals surface area contributed by atoms with Gasteiger partial charge in [-0.15, -0.1) is 11.3 Å². The van der Waals surface area contributed by atoms with E-state index in [9.17, 15) is 4.79 Å². The van der Waals surface area contributed by atoms with Gasteiger partial charge < -0.3 is 9.15 Å². The molecular formula is C24H23NO5S. The molecule has 2 aromatic heterocycles. The van der Waals surface area contributed by atoms with Crippen molar-refractivity contribution in [2.75, 3.05) is 6.61 Å². The molecule has 4 rings (SSSR count). The van der Waals surface area contributed by atoms with E-state index in [1.165, 1.54) is 10.1 Å². The Kier molecular flexibility index (Phi) is 6.64. The van der Waals surface area contributed by atoms with Crippen LogP contribution in [0.5, 0.6) is 5.75 Å². The molecule has 0 atom stereocenters. The smallest absolute Gasteiger partial charge is 0.342 e. The standard InChI is InChI=1S/C24H23NO5S/c1-3-28-30-23(26)13-10-17-8-11-19(12-9-17)27-15-20-16(2)29-24(25-20)22-14-18-6-4-5-7-21(18)31-22/h4-9,11-12,14H,3,10,13,15H2,1-2H3. The summed E-state index contributed by atoms with van der Waals surface area (Å²) < 4.78 is 13.0. The van der Waals surface area contributed by atoms with Gasteiger partial charge in [-0.25, -0.2) is 9.78 Å². The normalized spacial score (nSPS) is 11.0. The molecule has 0 N–H and O–H groups in total. The van der Waals surface area contributed by atoms with Crippen LogP contribution in [0.1, 0.15) is 30.4 Å². The summed E-state index contributed by atoms with van der Waals surface area (Å²) in [5.41, 5.74) is 1.79. The maximum Gasteiger partial charge on any atom is 0.342 e. The van der Waals surface area contributed by atoms with Crippen molar-refractivity contribution in [1.82, 2.24) is 4.98 Å². The lowest BCUT2D eigenvalue weighted by molar-refractivity contribution is -0.269. The minimum absolute atomic E-state index is 0.263. The maximum atomic E-state index is 11.5. The number of hydrogen-bond acceptors (Lipinski definition) is 7. The molecule has 0 amide bonds. The van der Waals surface area contributed by atoms with Crippen LogP contribution < -0.4 is 4.74 Å². The Bertz CT molecular complexity index is 1130. The molecule has 0 saturated carbocycles. The van der Waals surface area contributed by atoms with E-state index in [1.54, 1.807) is 18.3 Å². The van der Waals surface area contributed by atoms with Crippen LogP contribution in [0.4, 0.5) is 0 Å². The predicted octanol–water partition coefficient (Wildman–Crippen LogP) is 5.87. The summed E-state index contributed by atoms with van der Waals surface area (Å²) in [4.78, 5) is 26.4. The Labute approximate surface area is 184 Å². The van der Waals surface area contributed by atoms with Gasteiger partial charge in [-0.05, 0) is 55.5 Å². The first-order chi connectivity index (χ1) is 15.1. The molecule has 2 heterocycles.